The minimum atomic E-state index is -2.79. The number of nitrogens with one attached hydrogen (secondary N) is 1. The Morgan fingerprint density at radius 1 is 1.14 bits per heavy atom. The number of aromatic nitrogens is 2. The average molecular weight is 609 g/mol. The molecule has 0 fully saturated rings. The van der Waals surface area contributed by atoms with Crippen molar-refractivity contribution >= 4 is 67.9 Å². The first-order chi connectivity index (χ1) is 17.3. The topological polar surface area (TPSA) is 98.2 Å². The molecule has 186 valence electrons. The minimum absolute atomic E-state index is 0.122. The second-order valence-electron chi connectivity index (χ2n) is 7.61. The van der Waals surface area contributed by atoms with E-state index in [0.717, 1.165) is 21.6 Å². The molecule has 4 aromatic rings. The maximum atomic E-state index is 13.3. The van der Waals surface area contributed by atoms with Gasteiger partial charge >= 0.3 is 0 Å². The Balaban J connectivity index is 1.60. The van der Waals surface area contributed by atoms with Crippen molar-refractivity contribution in [2.45, 2.75) is 12.8 Å². The van der Waals surface area contributed by atoms with E-state index in [1.807, 2.05) is 30.3 Å². The van der Waals surface area contributed by atoms with Crippen LogP contribution in [0.2, 0.25) is 5.02 Å². The van der Waals surface area contributed by atoms with Crippen LogP contribution in [-0.2, 0) is 24.1 Å². The Bertz CT molecular complexity index is 1410. The van der Waals surface area contributed by atoms with E-state index in [0.29, 0.717) is 28.6 Å². The fraction of sp³-hybridized carbons (Fsp3) is 0.125. The van der Waals surface area contributed by atoms with Crippen molar-refractivity contribution in [3.8, 4) is 0 Å². The average Bonchev–Trinajstić information content (AvgIpc) is 3.28. The molecule has 3 aromatic carbocycles. The van der Waals surface area contributed by atoms with E-state index in [9.17, 15) is 17.9 Å². The van der Waals surface area contributed by atoms with Crippen LogP contribution in [0.15, 0.2) is 71.2 Å². The Labute approximate surface area is 227 Å². The van der Waals surface area contributed by atoms with Crippen LogP contribution in [0.5, 0.6) is 0 Å². The standard InChI is InChI=1S/C24H19BrClFN4O3S2/c25-17-7-9-19(24(32)28-11-10-16-6-8-18(27)14-20(16)26)22(13-17)31(36(33)34)23-21(29-35-30-23)12-15-4-2-1-3-5-15/h1-9,13-14H,10-12H2,(H,28,32)(H,33,34)/p-1. The highest BCUT2D eigenvalue weighted by Crippen LogP contribution is 2.34. The van der Waals surface area contributed by atoms with Gasteiger partial charge in [-0.25, -0.2) is 4.39 Å². The third-order valence-corrected chi connectivity index (χ3v) is 7.28. The maximum absolute atomic E-state index is 13.3. The highest BCUT2D eigenvalue weighted by Gasteiger charge is 2.24. The Kier molecular flexibility index (Phi) is 8.81. The number of hydrogen-bond acceptors (Lipinski definition) is 6. The quantitative estimate of drug-likeness (QED) is 0.250. The molecule has 0 aliphatic rings. The van der Waals surface area contributed by atoms with Crippen LogP contribution in [0, 0.1) is 5.82 Å². The fourth-order valence-corrected chi connectivity index (χ4v) is 5.33. The summed E-state index contributed by atoms with van der Waals surface area (Å²) in [6.45, 7) is 0.206. The monoisotopic (exact) mass is 607 g/mol. The third-order valence-electron chi connectivity index (χ3n) is 5.21. The molecule has 0 spiro atoms. The molecular weight excluding hydrogens is 591 g/mol. The van der Waals surface area contributed by atoms with E-state index < -0.39 is 23.0 Å². The number of anilines is 2. The van der Waals surface area contributed by atoms with Crippen molar-refractivity contribution in [3.05, 3.63) is 104 Å². The molecule has 36 heavy (non-hydrogen) atoms. The number of carbonyl (C=O) groups is 1. The molecule has 0 saturated heterocycles. The van der Waals surface area contributed by atoms with Crippen molar-refractivity contribution in [2.24, 2.45) is 0 Å². The number of halogens is 3. The van der Waals surface area contributed by atoms with Gasteiger partial charge in [0, 0.05) is 22.5 Å². The van der Waals surface area contributed by atoms with Gasteiger partial charge in [-0.05, 0) is 47.9 Å². The molecule has 0 saturated carbocycles. The molecular formula is C24H18BrClFN4O3S2-. The summed E-state index contributed by atoms with van der Waals surface area (Å²) in [5.41, 5.74) is 2.33. The lowest BCUT2D eigenvalue weighted by molar-refractivity contribution is 0.0955. The highest BCUT2D eigenvalue weighted by atomic mass is 79.9. The van der Waals surface area contributed by atoms with Gasteiger partial charge in [-0.3, -0.25) is 13.3 Å². The van der Waals surface area contributed by atoms with Crippen molar-refractivity contribution < 1.29 is 17.9 Å². The molecule has 7 nitrogen and oxygen atoms in total. The SMILES string of the molecule is O=C(NCCc1ccc(F)cc1Cl)c1ccc(Br)cc1N(c1nsnc1Cc1ccccc1)S(=O)[O-]. The Morgan fingerprint density at radius 3 is 2.64 bits per heavy atom. The summed E-state index contributed by atoms with van der Waals surface area (Å²) in [4.78, 5) is 13.1. The lowest BCUT2D eigenvalue weighted by Crippen LogP contribution is -2.29. The summed E-state index contributed by atoms with van der Waals surface area (Å²) in [6.07, 6.45) is 0.736. The van der Waals surface area contributed by atoms with Gasteiger partial charge in [-0.2, -0.15) is 8.75 Å². The number of carbonyl (C=O) groups excluding carboxylic acids is 1. The van der Waals surface area contributed by atoms with Gasteiger partial charge in [-0.15, -0.1) is 0 Å². The fourth-order valence-electron chi connectivity index (χ4n) is 3.52. The summed E-state index contributed by atoms with van der Waals surface area (Å²) in [7, 11) is 0. The maximum Gasteiger partial charge on any atom is 0.253 e. The molecule has 0 aliphatic heterocycles. The van der Waals surface area contributed by atoms with Crippen molar-refractivity contribution in [1.29, 1.82) is 0 Å². The van der Waals surface area contributed by atoms with Gasteiger partial charge in [0.1, 0.15) is 11.5 Å². The first kappa shape index (κ1) is 26.4. The van der Waals surface area contributed by atoms with Gasteiger partial charge in [0.05, 0.1) is 34.2 Å². The first-order valence-corrected chi connectivity index (χ1v) is 13.5. The van der Waals surface area contributed by atoms with Gasteiger partial charge in [0.15, 0.2) is 5.82 Å². The van der Waals surface area contributed by atoms with Crippen LogP contribution in [0.1, 0.15) is 27.2 Å². The summed E-state index contributed by atoms with van der Waals surface area (Å²) in [6, 6.07) is 18.2. The molecule has 1 atom stereocenters. The van der Waals surface area contributed by atoms with Gasteiger partial charge in [0.2, 0.25) is 0 Å². The van der Waals surface area contributed by atoms with Gasteiger partial charge < -0.3 is 9.87 Å². The van der Waals surface area contributed by atoms with Crippen molar-refractivity contribution in [3.63, 3.8) is 0 Å². The zero-order chi connectivity index (χ0) is 25.7. The third kappa shape index (κ3) is 6.34. The van der Waals surface area contributed by atoms with E-state index in [2.05, 4.69) is 30.0 Å². The molecule has 0 radical (unpaired) electrons. The summed E-state index contributed by atoms with van der Waals surface area (Å²) in [5.74, 6) is -0.803. The van der Waals surface area contributed by atoms with Crippen LogP contribution >= 0.6 is 39.3 Å². The van der Waals surface area contributed by atoms with E-state index in [-0.39, 0.29) is 28.6 Å². The number of amides is 1. The summed E-state index contributed by atoms with van der Waals surface area (Å²) >= 11 is 7.52. The number of nitrogens with zero attached hydrogens (tertiary/aromatic N) is 3. The second kappa shape index (κ2) is 12.0. The molecule has 1 N–H and O–H groups in total. The van der Waals surface area contributed by atoms with E-state index in [1.165, 1.54) is 24.3 Å². The zero-order valence-electron chi connectivity index (χ0n) is 18.5. The zero-order valence-corrected chi connectivity index (χ0v) is 22.5. The molecule has 12 heteroatoms. The number of rotatable bonds is 9. The number of hydrogen-bond donors (Lipinski definition) is 1. The van der Waals surface area contributed by atoms with Crippen LogP contribution in [-0.4, -0.2) is 30.0 Å². The van der Waals surface area contributed by atoms with E-state index in [4.69, 9.17) is 11.6 Å². The summed E-state index contributed by atoms with van der Waals surface area (Å²) < 4.78 is 48.2. The van der Waals surface area contributed by atoms with Crippen molar-refractivity contribution in [1.82, 2.24) is 14.1 Å². The van der Waals surface area contributed by atoms with Crippen molar-refractivity contribution in [2.75, 3.05) is 10.8 Å². The van der Waals surface area contributed by atoms with E-state index in [1.54, 1.807) is 12.1 Å². The second-order valence-corrected chi connectivity index (χ2v) is 10.3. The highest BCUT2D eigenvalue weighted by molar-refractivity contribution is 9.10. The van der Waals surface area contributed by atoms with Crippen LogP contribution in [0.3, 0.4) is 0 Å². The van der Waals surface area contributed by atoms with Crippen LogP contribution in [0.25, 0.3) is 0 Å². The van der Waals surface area contributed by atoms with Crippen LogP contribution in [0.4, 0.5) is 15.9 Å². The normalized spacial score (nSPS) is 11.8. The first-order valence-electron chi connectivity index (χ1n) is 10.6. The Morgan fingerprint density at radius 2 is 1.92 bits per heavy atom. The predicted molar refractivity (Wildman–Crippen MR) is 142 cm³/mol. The molecule has 1 amide bonds. The largest absolute Gasteiger partial charge is 0.755 e. The lowest BCUT2D eigenvalue weighted by Gasteiger charge is -2.27. The molecule has 1 heterocycles. The van der Waals surface area contributed by atoms with Gasteiger partial charge in [-0.1, -0.05) is 63.9 Å². The minimum Gasteiger partial charge on any atom is -0.755 e. The van der Waals surface area contributed by atoms with E-state index >= 15 is 0 Å². The smallest absolute Gasteiger partial charge is 0.253 e. The molecule has 0 bridgehead atoms. The summed E-state index contributed by atoms with van der Waals surface area (Å²) in [5, 5.41) is 3.04. The van der Waals surface area contributed by atoms with Crippen LogP contribution < -0.4 is 9.62 Å². The predicted octanol–water partition coefficient (Wildman–Crippen LogP) is 5.59. The lowest BCUT2D eigenvalue weighted by atomic mass is 10.1. The molecule has 1 aromatic heterocycles. The van der Waals surface area contributed by atoms with Gasteiger partial charge in [0.25, 0.3) is 5.91 Å². The molecule has 1 unspecified atom stereocenters. The Hall–Kier alpha value is -2.70. The molecule has 4 rings (SSSR count). The molecule has 0 aliphatic carbocycles. The number of benzene rings is 3.